The molecule has 0 fully saturated rings. The van der Waals surface area contributed by atoms with Gasteiger partial charge in [0.25, 0.3) is 5.91 Å². The molecule has 0 aliphatic carbocycles. The highest BCUT2D eigenvalue weighted by molar-refractivity contribution is 7.17. The maximum Gasteiger partial charge on any atom is 0.326 e. The molecule has 29 heavy (non-hydrogen) atoms. The van der Waals surface area contributed by atoms with Gasteiger partial charge in [0, 0.05) is 5.56 Å². The zero-order valence-electron chi connectivity index (χ0n) is 15.7. The first-order valence-corrected chi connectivity index (χ1v) is 10.5. The molecule has 0 atom stereocenters. The second kappa shape index (κ2) is 8.14. The van der Waals surface area contributed by atoms with Crippen LogP contribution in [0.1, 0.15) is 17.3 Å². The topological polar surface area (TPSA) is 82.8 Å². The van der Waals surface area contributed by atoms with Gasteiger partial charge in [0.2, 0.25) is 0 Å². The Morgan fingerprint density at radius 3 is 2.83 bits per heavy atom. The summed E-state index contributed by atoms with van der Waals surface area (Å²) in [6.45, 7) is 2.01. The van der Waals surface area contributed by atoms with E-state index in [1.807, 2.05) is 12.1 Å². The van der Waals surface area contributed by atoms with E-state index < -0.39 is 0 Å². The van der Waals surface area contributed by atoms with Gasteiger partial charge in [-0.05, 0) is 43.3 Å². The van der Waals surface area contributed by atoms with Crippen LogP contribution < -0.4 is 9.54 Å². The molecule has 148 valence electrons. The number of hydrogen-bond acceptors (Lipinski definition) is 7. The molecule has 2 aromatic carbocycles. The van der Waals surface area contributed by atoms with Crippen molar-refractivity contribution in [1.29, 1.82) is 0 Å². The Morgan fingerprint density at radius 1 is 1.17 bits per heavy atom. The van der Waals surface area contributed by atoms with Gasteiger partial charge >= 0.3 is 5.97 Å². The summed E-state index contributed by atoms with van der Waals surface area (Å²) in [7, 11) is 1.59. The van der Waals surface area contributed by atoms with Crippen molar-refractivity contribution >= 4 is 55.0 Å². The Kier molecular flexibility index (Phi) is 5.41. The Bertz CT molecular complexity index is 1290. The summed E-state index contributed by atoms with van der Waals surface area (Å²) in [5, 5.41) is 0. The van der Waals surface area contributed by atoms with Crippen LogP contribution in [0, 0.1) is 0 Å². The molecule has 0 saturated carbocycles. The lowest BCUT2D eigenvalue weighted by molar-refractivity contribution is -0.143. The SMILES string of the molecule is CCOC(=O)Cn1c(=NC(=O)c2ccc3ncsc3c2)sc2cc(OC)ccc21. The maximum atomic E-state index is 12.8. The molecular weight excluding hydrogens is 410 g/mol. The molecule has 0 saturated heterocycles. The van der Waals surface area contributed by atoms with Crippen LogP contribution in [-0.2, 0) is 16.1 Å². The molecule has 0 N–H and O–H groups in total. The lowest BCUT2D eigenvalue weighted by atomic mass is 10.2. The number of ether oxygens (including phenoxy) is 2. The van der Waals surface area contributed by atoms with Crippen LogP contribution in [0.2, 0.25) is 0 Å². The van der Waals surface area contributed by atoms with E-state index in [2.05, 4.69) is 9.98 Å². The van der Waals surface area contributed by atoms with E-state index in [1.54, 1.807) is 48.4 Å². The Morgan fingerprint density at radius 2 is 2.03 bits per heavy atom. The van der Waals surface area contributed by atoms with E-state index in [1.165, 1.54) is 22.7 Å². The molecule has 9 heteroatoms. The summed E-state index contributed by atoms with van der Waals surface area (Å²) in [5.74, 6) is -0.0741. The molecule has 4 aromatic rings. The molecule has 1 amide bonds. The maximum absolute atomic E-state index is 12.8. The minimum Gasteiger partial charge on any atom is -0.497 e. The van der Waals surface area contributed by atoms with E-state index in [0.29, 0.717) is 16.1 Å². The lowest BCUT2D eigenvalue weighted by Gasteiger charge is -2.05. The zero-order valence-corrected chi connectivity index (χ0v) is 17.4. The van der Waals surface area contributed by atoms with E-state index in [4.69, 9.17) is 9.47 Å². The Balaban J connectivity index is 1.81. The van der Waals surface area contributed by atoms with Crippen molar-refractivity contribution in [1.82, 2.24) is 9.55 Å². The van der Waals surface area contributed by atoms with Crippen molar-refractivity contribution in [3.8, 4) is 5.75 Å². The van der Waals surface area contributed by atoms with E-state index in [0.717, 1.165) is 20.4 Å². The van der Waals surface area contributed by atoms with Gasteiger partial charge in [0.1, 0.15) is 12.3 Å². The summed E-state index contributed by atoms with van der Waals surface area (Å²) in [6, 6.07) is 10.8. The molecule has 0 aliphatic rings. The van der Waals surface area contributed by atoms with Crippen LogP contribution >= 0.6 is 22.7 Å². The van der Waals surface area contributed by atoms with Crippen LogP contribution in [-0.4, -0.2) is 35.1 Å². The van der Waals surface area contributed by atoms with Crippen LogP contribution in [0.5, 0.6) is 5.75 Å². The molecule has 0 radical (unpaired) electrons. The lowest BCUT2D eigenvalue weighted by Crippen LogP contribution is -2.23. The summed E-state index contributed by atoms with van der Waals surface area (Å²) in [4.78, 5) is 33.9. The number of aromatic nitrogens is 2. The quantitative estimate of drug-likeness (QED) is 0.454. The first-order chi connectivity index (χ1) is 14.1. The van der Waals surface area contributed by atoms with Gasteiger partial charge in [0.05, 0.1) is 39.7 Å². The summed E-state index contributed by atoms with van der Waals surface area (Å²) < 4.78 is 13.8. The average Bonchev–Trinajstić information content (AvgIpc) is 3.31. The predicted octanol–water partition coefficient (Wildman–Crippen LogP) is 3.63. The number of hydrogen-bond donors (Lipinski definition) is 0. The highest BCUT2D eigenvalue weighted by atomic mass is 32.1. The Labute approximate surface area is 173 Å². The number of fused-ring (bicyclic) bond motifs is 2. The van der Waals surface area contributed by atoms with Crippen molar-refractivity contribution in [2.75, 3.05) is 13.7 Å². The van der Waals surface area contributed by atoms with Gasteiger partial charge in [-0.2, -0.15) is 4.99 Å². The molecule has 0 unspecified atom stereocenters. The summed E-state index contributed by atoms with van der Waals surface area (Å²) in [5.41, 5.74) is 3.84. The fourth-order valence-corrected chi connectivity index (χ4v) is 4.67. The highest BCUT2D eigenvalue weighted by Gasteiger charge is 2.14. The van der Waals surface area contributed by atoms with Gasteiger partial charge < -0.3 is 14.0 Å². The molecule has 0 spiro atoms. The third kappa shape index (κ3) is 3.92. The molecule has 2 aromatic heterocycles. The van der Waals surface area contributed by atoms with Gasteiger partial charge in [-0.25, -0.2) is 4.98 Å². The number of thiazole rings is 2. The number of amides is 1. The van der Waals surface area contributed by atoms with Crippen molar-refractivity contribution < 1.29 is 19.1 Å². The molecule has 4 rings (SSSR count). The third-order valence-electron chi connectivity index (χ3n) is 4.26. The van der Waals surface area contributed by atoms with E-state index in [-0.39, 0.29) is 25.0 Å². The normalized spacial score (nSPS) is 11.9. The second-order valence-electron chi connectivity index (χ2n) is 6.06. The zero-order chi connectivity index (χ0) is 20.4. The summed E-state index contributed by atoms with van der Waals surface area (Å²) in [6.07, 6.45) is 0. The molecule has 0 bridgehead atoms. The first kappa shape index (κ1) is 19.3. The monoisotopic (exact) mass is 427 g/mol. The van der Waals surface area contributed by atoms with Crippen LogP contribution in [0.4, 0.5) is 0 Å². The van der Waals surface area contributed by atoms with Crippen LogP contribution in [0.15, 0.2) is 46.9 Å². The minimum atomic E-state index is -0.386. The fraction of sp³-hybridized carbons (Fsp3) is 0.200. The van der Waals surface area contributed by atoms with Crippen LogP contribution in [0.25, 0.3) is 20.4 Å². The van der Waals surface area contributed by atoms with Crippen molar-refractivity contribution in [2.45, 2.75) is 13.5 Å². The number of esters is 1. The van der Waals surface area contributed by atoms with E-state index >= 15 is 0 Å². The standard InChI is InChI=1S/C20H17N3O4S2/c1-3-27-18(24)10-23-15-7-5-13(26-2)9-17(15)29-20(23)22-19(25)12-4-6-14-16(8-12)28-11-21-14/h4-9,11H,3,10H2,1-2H3. The highest BCUT2D eigenvalue weighted by Crippen LogP contribution is 2.24. The number of carbonyl (C=O) groups excluding carboxylic acids is 2. The molecule has 0 aliphatic heterocycles. The van der Waals surface area contributed by atoms with Crippen molar-refractivity contribution in [3.05, 3.63) is 52.3 Å². The minimum absolute atomic E-state index is 0.0276. The van der Waals surface area contributed by atoms with Crippen LogP contribution in [0.3, 0.4) is 0 Å². The number of methoxy groups -OCH3 is 1. The Hall–Kier alpha value is -3.04. The van der Waals surface area contributed by atoms with Gasteiger partial charge in [-0.1, -0.05) is 11.3 Å². The van der Waals surface area contributed by atoms with Gasteiger partial charge in [0.15, 0.2) is 4.80 Å². The van der Waals surface area contributed by atoms with Crippen molar-refractivity contribution in [3.63, 3.8) is 0 Å². The third-order valence-corrected chi connectivity index (χ3v) is 6.09. The molecule has 7 nitrogen and oxygen atoms in total. The first-order valence-electron chi connectivity index (χ1n) is 8.84. The largest absolute Gasteiger partial charge is 0.497 e. The van der Waals surface area contributed by atoms with Crippen molar-refractivity contribution in [2.24, 2.45) is 4.99 Å². The number of rotatable bonds is 5. The number of benzene rings is 2. The van der Waals surface area contributed by atoms with Gasteiger partial charge in [-0.3, -0.25) is 9.59 Å². The smallest absolute Gasteiger partial charge is 0.326 e. The molecular formula is C20H17N3O4S2. The fourth-order valence-electron chi connectivity index (χ4n) is 2.89. The molecule has 2 heterocycles. The summed E-state index contributed by atoms with van der Waals surface area (Å²) >= 11 is 2.79. The number of carbonyl (C=O) groups is 2. The van der Waals surface area contributed by atoms with E-state index in [9.17, 15) is 9.59 Å². The number of nitrogens with zero attached hydrogens (tertiary/aromatic N) is 3. The predicted molar refractivity (Wildman–Crippen MR) is 113 cm³/mol. The second-order valence-corrected chi connectivity index (χ2v) is 7.96. The van der Waals surface area contributed by atoms with Gasteiger partial charge in [-0.15, -0.1) is 11.3 Å². The average molecular weight is 428 g/mol.